The van der Waals surface area contributed by atoms with Crippen molar-refractivity contribution in [1.29, 1.82) is 0 Å². The number of nitrogens with zero attached hydrogens (tertiary/aromatic N) is 2. The lowest BCUT2D eigenvalue weighted by molar-refractivity contribution is 0.281. The summed E-state index contributed by atoms with van der Waals surface area (Å²) in [5, 5.41) is 8.57. The van der Waals surface area contributed by atoms with Crippen LogP contribution in [0.15, 0.2) is 12.4 Å². The Bertz CT molecular complexity index is 222. The molecule has 0 unspecified atom stereocenters. The van der Waals surface area contributed by atoms with Crippen LogP contribution in [0.4, 0.5) is 0 Å². The maximum absolute atomic E-state index is 8.57. The zero-order valence-electron chi connectivity index (χ0n) is 7.11. The molecular formula is C8H15N3O. The Hall–Kier alpha value is -0.870. The van der Waals surface area contributed by atoms with Crippen LogP contribution in [0.1, 0.15) is 18.7 Å². The maximum Gasteiger partial charge on any atom is 0.122 e. The molecule has 4 heteroatoms. The fraction of sp³-hybridized carbons (Fsp3) is 0.625. The van der Waals surface area contributed by atoms with Crippen molar-refractivity contribution in [1.82, 2.24) is 9.55 Å². The standard InChI is InChI=1S/C8H15N3O/c9-7-8-10-3-5-11(8)4-1-2-6-12/h3,5,12H,1-2,4,6-7,9H2. The molecule has 68 valence electrons. The van der Waals surface area contributed by atoms with Gasteiger partial charge in [0.05, 0.1) is 6.54 Å². The summed E-state index contributed by atoms with van der Waals surface area (Å²) in [6.45, 7) is 1.63. The van der Waals surface area contributed by atoms with Crippen LogP contribution in [0.3, 0.4) is 0 Å². The summed E-state index contributed by atoms with van der Waals surface area (Å²) in [7, 11) is 0. The Kier molecular flexibility index (Phi) is 3.76. The van der Waals surface area contributed by atoms with Crippen LogP contribution in [0.25, 0.3) is 0 Å². The van der Waals surface area contributed by atoms with E-state index in [1.165, 1.54) is 0 Å². The smallest absolute Gasteiger partial charge is 0.122 e. The fourth-order valence-electron chi connectivity index (χ4n) is 1.13. The van der Waals surface area contributed by atoms with Crippen LogP contribution in [-0.4, -0.2) is 21.3 Å². The quantitative estimate of drug-likeness (QED) is 0.615. The first-order valence-electron chi connectivity index (χ1n) is 4.19. The van der Waals surface area contributed by atoms with Gasteiger partial charge in [-0.3, -0.25) is 0 Å². The number of aliphatic hydroxyl groups is 1. The molecule has 0 spiro atoms. The first kappa shape index (κ1) is 9.22. The van der Waals surface area contributed by atoms with Crippen LogP contribution >= 0.6 is 0 Å². The van der Waals surface area contributed by atoms with Crippen molar-refractivity contribution < 1.29 is 5.11 Å². The predicted molar refractivity (Wildman–Crippen MR) is 46.4 cm³/mol. The van der Waals surface area contributed by atoms with Gasteiger partial charge in [0, 0.05) is 25.5 Å². The highest BCUT2D eigenvalue weighted by atomic mass is 16.2. The Morgan fingerprint density at radius 1 is 1.50 bits per heavy atom. The molecule has 0 fully saturated rings. The summed E-state index contributed by atoms with van der Waals surface area (Å²) >= 11 is 0. The predicted octanol–water partition coefficient (Wildman–Crippen LogP) is 0.114. The second-order valence-electron chi connectivity index (χ2n) is 2.67. The summed E-state index contributed by atoms with van der Waals surface area (Å²) in [6.07, 6.45) is 5.47. The summed E-state index contributed by atoms with van der Waals surface area (Å²) in [4.78, 5) is 4.09. The largest absolute Gasteiger partial charge is 0.396 e. The molecule has 1 aromatic rings. The van der Waals surface area contributed by atoms with E-state index in [4.69, 9.17) is 10.8 Å². The van der Waals surface area contributed by atoms with Gasteiger partial charge in [-0.05, 0) is 12.8 Å². The minimum atomic E-state index is 0.257. The molecule has 0 amide bonds. The lowest BCUT2D eigenvalue weighted by atomic mass is 10.3. The third-order valence-corrected chi connectivity index (χ3v) is 1.79. The average molecular weight is 169 g/mol. The van der Waals surface area contributed by atoms with Gasteiger partial charge in [0.1, 0.15) is 5.82 Å². The normalized spacial score (nSPS) is 10.5. The third kappa shape index (κ3) is 2.32. The van der Waals surface area contributed by atoms with E-state index in [2.05, 4.69) is 4.98 Å². The summed E-state index contributed by atoms with van der Waals surface area (Å²) in [6, 6.07) is 0. The number of aliphatic hydroxyl groups excluding tert-OH is 1. The van der Waals surface area contributed by atoms with E-state index in [9.17, 15) is 0 Å². The number of rotatable bonds is 5. The number of aromatic nitrogens is 2. The highest BCUT2D eigenvalue weighted by Gasteiger charge is 1.98. The molecule has 1 rings (SSSR count). The van der Waals surface area contributed by atoms with Crippen LogP contribution in [0, 0.1) is 0 Å². The molecule has 0 aliphatic carbocycles. The molecule has 0 bridgehead atoms. The molecular weight excluding hydrogens is 154 g/mol. The van der Waals surface area contributed by atoms with Gasteiger partial charge in [-0.1, -0.05) is 0 Å². The second-order valence-corrected chi connectivity index (χ2v) is 2.67. The maximum atomic E-state index is 8.57. The van der Waals surface area contributed by atoms with Crippen LogP contribution in [-0.2, 0) is 13.1 Å². The number of hydrogen-bond donors (Lipinski definition) is 2. The van der Waals surface area contributed by atoms with Crippen molar-refractivity contribution in [3.8, 4) is 0 Å². The van der Waals surface area contributed by atoms with Crippen molar-refractivity contribution in [2.75, 3.05) is 6.61 Å². The highest BCUT2D eigenvalue weighted by Crippen LogP contribution is 1.99. The third-order valence-electron chi connectivity index (χ3n) is 1.79. The SMILES string of the molecule is NCc1nccn1CCCCO. The van der Waals surface area contributed by atoms with Gasteiger partial charge in [0.2, 0.25) is 0 Å². The minimum Gasteiger partial charge on any atom is -0.396 e. The molecule has 1 aromatic heterocycles. The summed E-state index contributed by atoms with van der Waals surface area (Å²) in [5.41, 5.74) is 5.47. The number of aryl methyl sites for hydroxylation is 1. The average Bonchev–Trinajstić information content (AvgIpc) is 2.52. The fourth-order valence-corrected chi connectivity index (χ4v) is 1.13. The number of unbranched alkanes of at least 4 members (excludes halogenated alkanes) is 1. The zero-order valence-corrected chi connectivity index (χ0v) is 7.11. The molecule has 0 saturated heterocycles. The number of hydrogen-bond acceptors (Lipinski definition) is 3. The molecule has 1 heterocycles. The molecule has 4 nitrogen and oxygen atoms in total. The molecule has 12 heavy (non-hydrogen) atoms. The lowest BCUT2D eigenvalue weighted by Gasteiger charge is -2.04. The van der Waals surface area contributed by atoms with E-state index in [0.29, 0.717) is 6.54 Å². The topological polar surface area (TPSA) is 64.1 Å². The second kappa shape index (κ2) is 4.90. The zero-order chi connectivity index (χ0) is 8.81. The molecule has 0 aliphatic rings. The minimum absolute atomic E-state index is 0.257. The van der Waals surface area contributed by atoms with Gasteiger partial charge in [-0.25, -0.2) is 4.98 Å². The number of imidazole rings is 1. The van der Waals surface area contributed by atoms with Gasteiger partial charge in [-0.15, -0.1) is 0 Å². The molecule has 0 saturated carbocycles. The van der Waals surface area contributed by atoms with Gasteiger partial charge in [0.25, 0.3) is 0 Å². The number of nitrogens with two attached hydrogens (primary N) is 1. The van der Waals surface area contributed by atoms with Crippen molar-refractivity contribution in [3.63, 3.8) is 0 Å². The molecule has 0 aliphatic heterocycles. The Balaban J connectivity index is 2.39. The monoisotopic (exact) mass is 169 g/mol. The summed E-state index contributed by atoms with van der Waals surface area (Å²) < 4.78 is 2.02. The Labute approximate surface area is 72.0 Å². The van der Waals surface area contributed by atoms with Gasteiger partial charge >= 0.3 is 0 Å². The van der Waals surface area contributed by atoms with E-state index in [1.807, 2.05) is 10.8 Å². The lowest BCUT2D eigenvalue weighted by Crippen LogP contribution is -2.08. The van der Waals surface area contributed by atoms with Crippen molar-refractivity contribution in [3.05, 3.63) is 18.2 Å². The first-order chi connectivity index (χ1) is 5.88. The van der Waals surface area contributed by atoms with Crippen molar-refractivity contribution in [2.45, 2.75) is 25.9 Å². The molecule has 0 radical (unpaired) electrons. The van der Waals surface area contributed by atoms with Gasteiger partial charge in [-0.2, -0.15) is 0 Å². The van der Waals surface area contributed by atoms with Crippen LogP contribution < -0.4 is 5.73 Å². The van der Waals surface area contributed by atoms with E-state index in [0.717, 1.165) is 25.2 Å². The van der Waals surface area contributed by atoms with E-state index >= 15 is 0 Å². The van der Waals surface area contributed by atoms with Crippen LogP contribution in [0.2, 0.25) is 0 Å². The van der Waals surface area contributed by atoms with Gasteiger partial charge < -0.3 is 15.4 Å². The summed E-state index contributed by atoms with van der Waals surface area (Å²) in [5.74, 6) is 0.910. The highest BCUT2D eigenvalue weighted by molar-refractivity contribution is 4.90. The van der Waals surface area contributed by atoms with E-state index < -0.39 is 0 Å². The van der Waals surface area contributed by atoms with Crippen LogP contribution in [0.5, 0.6) is 0 Å². The van der Waals surface area contributed by atoms with Crippen molar-refractivity contribution in [2.24, 2.45) is 5.73 Å². The Morgan fingerprint density at radius 2 is 2.33 bits per heavy atom. The van der Waals surface area contributed by atoms with Crippen molar-refractivity contribution >= 4 is 0 Å². The molecule has 0 atom stereocenters. The molecule has 0 aromatic carbocycles. The van der Waals surface area contributed by atoms with E-state index in [-0.39, 0.29) is 6.61 Å². The Morgan fingerprint density at radius 3 is 3.00 bits per heavy atom. The molecule has 3 N–H and O–H groups in total. The van der Waals surface area contributed by atoms with Gasteiger partial charge in [0.15, 0.2) is 0 Å². The van der Waals surface area contributed by atoms with E-state index in [1.54, 1.807) is 6.20 Å². The first-order valence-corrected chi connectivity index (χ1v) is 4.19.